The Labute approximate surface area is 112 Å². The average Bonchev–Trinajstić information content (AvgIpc) is 2.26. The van der Waals surface area contributed by atoms with Crippen molar-refractivity contribution in [2.24, 2.45) is 5.73 Å². The molecule has 2 unspecified atom stereocenters. The molecule has 1 aromatic rings. The molecule has 0 radical (unpaired) electrons. The highest BCUT2D eigenvalue weighted by Gasteiger charge is 2.40. The Balaban J connectivity index is 3.31. The van der Waals surface area contributed by atoms with Crippen molar-refractivity contribution in [2.75, 3.05) is 6.54 Å². The Kier molecular flexibility index (Phi) is 4.81. The molecule has 2 atom stereocenters. The number of nitrogens with two attached hydrogens (primary N) is 1. The summed E-state index contributed by atoms with van der Waals surface area (Å²) in [5.41, 5.74) is 3.95. The second-order valence-electron chi connectivity index (χ2n) is 4.34. The maximum Gasteiger partial charge on any atom is 0.161 e. The smallest absolute Gasteiger partial charge is 0.161 e. The van der Waals surface area contributed by atoms with E-state index in [0.717, 1.165) is 5.56 Å². The Morgan fingerprint density at radius 3 is 2.53 bits per heavy atom. The van der Waals surface area contributed by atoms with Crippen LogP contribution in [0.15, 0.2) is 24.3 Å². The third-order valence-corrected chi connectivity index (χ3v) is 6.09. The first-order valence-electron chi connectivity index (χ1n) is 5.31. The Hall–Kier alpha value is 0.1000. The minimum Gasteiger partial charge on any atom is -0.375 e. The molecule has 0 aliphatic heterocycles. The molecule has 3 nitrogen and oxygen atoms in total. The van der Waals surface area contributed by atoms with E-state index in [1.807, 2.05) is 18.2 Å². The monoisotopic (exact) mass is 291 g/mol. The fourth-order valence-electron chi connectivity index (χ4n) is 1.55. The second kappa shape index (κ2) is 5.39. The maximum atomic E-state index is 10.4. The van der Waals surface area contributed by atoms with E-state index >= 15 is 0 Å². The molecule has 0 aromatic heterocycles. The van der Waals surface area contributed by atoms with E-state index in [1.54, 1.807) is 6.07 Å². The minimum atomic E-state index is -3.20. The topological polar surface area (TPSA) is 66.5 Å². The summed E-state index contributed by atoms with van der Waals surface area (Å²) in [7, 11) is 0. The molecule has 17 heavy (non-hydrogen) atoms. The fourth-order valence-corrected chi connectivity index (χ4v) is 3.40. The van der Waals surface area contributed by atoms with Crippen molar-refractivity contribution in [1.82, 2.24) is 0 Å². The molecule has 0 spiro atoms. The zero-order chi connectivity index (χ0) is 13.3. The lowest BCUT2D eigenvalue weighted by atomic mass is 9.98. The lowest BCUT2D eigenvalue weighted by molar-refractivity contribution is 0.132. The number of benzene rings is 1. The van der Waals surface area contributed by atoms with Gasteiger partial charge in [-0.2, -0.15) is 0 Å². The van der Waals surface area contributed by atoms with Crippen LogP contribution in [0.1, 0.15) is 30.9 Å². The van der Waals surface area contributed by atoms with Crippen molar-refractivity contribution in [3.05, 3.63) is 35.4 Å². The summed E-state index contributed by atoms with van der Waals surface area (Å²) in [6, 6.07) is 7.33. The van der Waals surface area contributed by atoms with Gasteiger partial charge in [0.25, 0.3) is 0 Å². The van der Waals surface area contributed by atoms with Gasteiger partial charge in [-0.05, 0) is 17.0 Å². The highest BCUT2D eigenvalue weighted by molar-refractivity contribution is 8.61. The third kappa shape index (κ3) is 3.11. The predicted molar refractivity (Wildman–Crippen MR) is 79.0 cm³/mol. The van der Waals surface area contributed by atoms with Gasteiger partial charge in [-0.15, -0.1) is 12.2 Å². The van der Waals surface area contributed by atoms with Gasteiger partial charge in [0.2, 0.25) is 0 Å². The molecular formula is C11H18NO2PS2. The van der Waals surface area contributed by atoms with Crippen molar-refractivity contribution in [3.63, 3.8) is 0 Å². The summed E-state index contributed by atoms with van der Waals surface area (Å²) in [4.78, 5) is 9.88. The molecular weight excluding hydrogens is 273 g/mol. The fraction of sp³-hybridized carbons (Fsp3) is 0.455. The molecule has 0 amide bonds. The molecule has 6 heteroatoms. The van der Waals surface area contributed by atoms with E-state index < -0.39 is 10.8 Å². The lowest BCUT2D eigenvalue weighted by Gasteiger charge is -2.32. The molecule has 1 rings (SSSR count). The van der Waals surface area contributed by atoms with Crippen LogP contribution >= 0.6 is 17.7 Å². The molecule has 0 fully saturated rings. The lowest BCUT2D eigenvalue weighted by Crippen LogP contribution is -2.33. The zero-order valence-electron chi connectivity index (χ0n) is 9.87. The maximum absolute atomic E-state index is 10.4. The summed E-state index contributed by atoms with van der Waals surface area (Å²) >= 11 is 8.88. The molecule has 0 aliphatic carbocycles. The average molecular weight is 291 g/mol. The SMILES string of the molecule is CC(C)c1cccc(C(O)(CN)P(O)(=S)S)c1. The van der Waals surface area contributed by atoms with Gasteiger partial charge in [0.1, 0.15) is 0 Å². The Morgan fingerprint density at radius 1 is 1.53 bits per heavy atom. The molecule has 0 heterocycles. The van der Waals surface area contributed by atoms with Crippen LogP contribution in [0.25, 0.3) is 0 Å². The first kappa shape index (κ1) is 15.2. The molecule has 0 saturated heterocycles. The largest absolute Gasteiger partial charge is 0.375 e. The van der Waals surface area contributed by atoms with Gasteiger partial charge >= 0.3 is 0 Å². The Morgan fingerprint density at radius 2 is 2.12 bits per heavy atom. The highest BCUT2D eigenvalue weighted by Crippen LogP contribution is 2.62. The van der Waals surface area contributed by atoms with Crippen LogP contribution in [0.2, 0.25) is 0 Å². The summed E-state index contributed by atoms with van der Waals surface area (Å²) in [6.45, 7) is 3.96. The molecule has 0 aliphatic rings. The normalized spacial score (nSPS) is 18.8. The summed E-state index contributed by atoms with van der Waals surface area (Å²) in [6.07, 6.45) is 0. The summed E-state index contributed by atoms with van der Waals surface area (Å²) in [5.74, 6) is 0.327. The highest BCUT2D eigenvalue weighted by atomic mass is 32.9. The van der Waals surface area contributed by atoms with E-state index in [4.69, 9.17) is 17.5 Å². The van der Waals surface area contributed by atoms with E-state index in [0.29, 0.717) is 11.5 Å². The van der Waals surface area contributed by atoms with Crippen LogP contribution < -0.4 is 5.73 Å². The quantitative estimate of drug-likeness (QED) is 0.507. The molecule has 96 valence electrons. The van der Waals surface area contributed by atoms with Crippen molar-refractivity contribution in [2.45, 2.75) is 25.1 Å². The first-order chi connectivity index (χ1) is 7.72. The minimum absolute atomic E-state index is 0.147. The Bertz CT molecular complexity index is 447. The number of rotatable bonds is 4. The van der Waals surface area contributed by atoms with Gasteiger partial charge in [0.05, 0.1) is 0 Å². The summed E-state index contributed by atoms with van der Waals surface area (Å²) in [5, 5.41) is 8.80. The van der Waals surface area contributed by atoms with Crippen LogP contribution in [0.4, 0.5) is 0 Å². The molecule has 0 bridgehead atoms. The van der Waals surface area contributed by atoms with Gasteiger partial charge in [-0.1, -0.05) is 49.9 Å². The van der Waals surface area contributed by atoms with Crippen LogP contribution in [0, 0.1) is 0 Å². The van der Waals surface area contributed by atoms with E-state index in [9.17, 15) is 10.00 Å². The third-order valence-electron chi connectivity index (χ3n) is 2.78. The van der Waals surface area contributed by atoms with Crippen LogP contribution in [0.3, 0.4) is 0 Å². The standard InChI is InChI=1S/C11H18NO2PS2/c1-8(2)9-4-3-5-10(6-9)11(13,7-12)15(14,16)17/h3-6,8,13H,7,12H2,1-2H3,(H2,14,16,17). The van der Waals surface area contributed by atoms with E-state index in [1.165, 1.54) is 0 Å². The number of hydrogen-bond donors (Lipinski definition) is 4. The number of thiol groups is 1. The van der Waals surface area contributed by atoms with Crippen molar-refractivity contribution in [3.8, 4) is 0 Å². The molecule has 0 saturated carbocycles. The first-order valence-corrected chi connectivity index (χ1v) is 9.21. The summed E-state index contributed by atoms with van der Waals surface area (Å²) < 4.78 is 0. The van der Waals surface area contributed by atoms with Crippen molar-refractivity contribution < 1.29 is 10.00 Å². The van der Waals surface area contributed by atoms with Crippen LogP contribution in [0.5, 0.6) is 0 Å². The van der Waals surface area contributed by atoms with Gasteiger partial charge in [-0.25, -0.2) is 0 Å². The van der Waals surface area contributed by atoms with Crippen LogP contribution in [-0.4, -0.2) is 16.5 Å². The van der Waals surface area contributed by atoms with Gasteiger partial charge in [0, 0.05) is 6.54 Å². The van der Waals surface area contributed by atoms with Gasteiger partial charge in [-0.3, -0.25) is 0 Å². The van der Waals surface area contributed by atoms with Crippen molar-refractivity contribution in [1.29, 1.82) is 0 Å². The molecule has 1 aromatic carbocycles. The van der Waals surface area contributed by atoms with E-state index in [-0.39, 0.29) is 6.54 Å². The molecule has 4 N–H and O–H groups in total. The predicted octanol–water partition coefficient (Wildman–Crippen LogP) is 2.15. The van der Waals surface area contributed by atoms with Crippen LogP contribution in [-0.2, 0) is 17.1 Å². The zero-order valence-corrected chi connectivity index (χ0v) is 12.5. The second-order valence-corrected chi connectivity index (χ2v) is 10.3. The van der Waals surface area contributed by atoms with Crippen molar-refractivity contribution >= 4 is 29.5 Å². The number of hydrogen-bond acceptors (Lipinski definition) is 3. The van der Waals surface area contributed by atoms with E-state index in [2.05, 4.69) is 26.1 Å². The number of aliphatic hydroxyl groups is 1. The van der Waals surface area contributed by atoms with Gasteiger partial charge in [0.15, 0.2) is 10.8 Å². The van der Waals surface area contributed by atoms with Gasteiger partial charge < -0.3 is 15.7 Å².